The van der Waals surface area contributed by atoms with Gasteiger partial charge in [-0.2, -0.15) is 10.4 Å². The minimum Gasteiger partial charge on any atom is -0.383 e. The van der Waals surface area contributed by atoms with E-state index in [1.807, 2.05) is 0 Å². The van der Waals surface area contributed by atoms with Crippen LogP contribution in [0.1, 0.15) is 31.9 Å². The lowest BCUT2D eigenvalue weighted by Gasteiger charge is -2.32. The molecule has 19 heavy (non-hydrogen) atoms. The molecular weight excluding hydrogens is 240 g/mol. The molecule has 6 heteroatoms. The zero-order valence-electron chi connectivity index (χ0n) is 11.9. The van der Waals surface area contributed by atoms with Crippen LogP contribution in [0.5, 0.6) is 0 Å². The van der Waals surface area contributed by atoms with E-state index < -0.39 is 0 Å². The maximum atomic E-state index is 9.33. The monoisotopic (exact) mass is 262 g/mol. The first-order valence-electron chi connectivity index (χ1n) is 6.80. The molecule has 1 fully saturated rings. The summed E-state index contributed by atoms with van der Waals surface area (Å²) in [6.45, 7) is 7.91. The Morgan fingerprint density at radius 2 is 2.00 bits per heavy atom. The Morgan fingerprint density at radius 1 is 1.37 bits per heavy atom. The summed E-state index contributed by atoms with van der Waals surface area (Å²) in [6.07, 6.45) is 0.943. The quantitative estimate of drug-likeness (QED) is 0.881. The largest absolute Gasteiger partial charge is 0.383 e. The molecule has 0 aliphatic carbocycles. The number of nitrogens with two attached hydrogens (primary N) is 1. The van der Waals surface area contributed by atoms with Gasteiger partial charge >= 0.3 is 0 Å². The highest BCUT2D eigenvalue weighted by atomic mass is 15.4. The molecule has 0 radical (unpaired) electrons. The van der Waals surface area contributed by atoms with E-state index in [0.29, 0.717) is 11.4 Å². The lowest BCUT2D eigenvalue weighted by Crippen LogP contribution is -2.45. The Kier molecular flexibility index (Phi) is 3.96. The molecule has 1 aromatic rings. The van der Waals surface area contributed by atoms with Gasteiger partial charge in [-0.05, 0) is 20.4 Å². The second-order valence-electron chi connectivity index (χ2n) is 5.19. The topological polar surface area (TPSA) is 74.1 Å². The van der Waals surface area contributed by atoms with Gasteiger partial charge in [-0.15, -0.1) is 0 Å². The summed E-state index contributed by atoms with van der Waals surface area (Å²) in [7, 11) is 2.11. The first-order chi connectivity index (χ1) is 9.08. The average Bonchev–Trinajstić information content (AvgIpc) is 2.75. The maximum Gasteiger partial charge on any atom is 0.171 e. The number of piperazine rings is 1. The lowest BCUT2D eigenvalue weighted by atomic mass is 10.2. The maximum absolute atomic E-state index is 9.33. The van der Waals surface area contributed by atoms with Crippen LogP contribution in [0.4, 0.5) is 11.6 Å². The van der Waals surface area contributed by atoms with E-state index in [1.165, 1.54) is 0 Å². The molecular formula is C13H22N6. The summed E-state index contributed by atoms with van der Waals surface area (Å²) in [5.74, 6) is 1.24. The summed E-state index contributed by atoms with van der Waals surface area (Å²) in [5, 5.41) is 13.9. The zero-order chi connectivity index (χ0) is 14.0. The van der Waals surface area contributed by atoms with Crippen molar-refractivity contribution in [3.8, 4) is 6.07 Å². The van der Waals surface area contributed by atoms with Crippen LogP contribution < -0.4 is 10.6 Å². The van der Waals surface area contributed by atoms with Crippen molar-refractivity contribution in [1.82, 2.24) is 14.7 Å². The first-order valence-corrected chi connectivity index (χ1v) is 6.80. The average molecular weight is 262 g/mol. The molecule has 0 bridgehead atoms. The van der Waals surface area contributed by atoms with Crippen LogP contribution in [0.2, 0.25) is 0 Å². The number of rotatable bonds is 3. The summed E-state index contributed by atoms with van der Waals surface area (Å²) in [6, 6.07) is 2.42. The van der Waals surface area contributed by atoms with Gasteiger partial charge in [-0.3, -0.25) is 0 Å². The van der Waals surface area contributed by atoms with E-state index in [1.54, 1.807) is 4.68 Å². The van der Waals surface area contributed by atoms with Crippen molar-refractivity contribution in [1.29, 1.82) is 5.26 Å². The predicted molar refractivity (Wildman–Crippen MR) is 76.1 cm³/mol. The van der Waals surface area contributed by atoms with E-state index in [9.17, 15) is 5.26 Å². The van der Waals surface area contributed by atoms with Gasteiger partial charge in [0.05, 0.1) is 6.04 Å². The molecule has 0 saturated carbocycles. The molecule has 2 rings (SSSR count). The highest BCUT2D eigenvalue weighted by Gasteiger charge is 2.24. The zero-order valence-corrected chi connectivity index (χ0v) is 11.9. The van der Waals surface area contributed by atoms with Gasteiger partial charge in [0.2, 0.25) is 0 Å². The number of hydrogen-bond acceptors (Lipinski definition) is 5. The van der Waals surface area contributed by atoms with Crippen molar-refractivity contribution in [2.45, 2.75) is 26.3 Å². The fraction of sp³-hybridized carbons (Fsp3) is 0.692. The standard InChI is InChI=1S/C13H22N6/c1-4-10(2)19-12(15)11(9-14)13(16-19)18-7-5-17(3)6-8-18/h10H,4-8,15H2,1-3H3. The Morgan fingerprint density at radius 3 is 2.53 bits per heavy atom. The SMILES string of the molecule is CCC(C)n1nc(N2CCN(C)CC2)c(C#N)c1N. The van der Waals surface area contributed by atoms with E-state index in [2.05, 4.69) is 41.9 Å². The van der Waals surface area contributed by atoms with Crippen LogP contribution in [0.3, 0.4) is 0 Å². The smallest absolute Gasteiger partial charge is 0.171 e. The van der Waals surface area contributed by atoms with Crippen molar-refractivity contribution < 1.29 is 0 Å². The Labute approximate surface area is 114 Å². The number of nitriles is 1. The Bertz CT molecular complexity index is 478. The highest BCUT2D eigenvalue weighted by molar-refractivity contribution is 5.65. The Balaban J connectivity index is 2.32. The van der Waals surface area contributed by atoms with Crippen LogP contribution in [-0.2, 0) is 0 Å². The van der Waals surface area contributed by atoms with Crippen LogP contribution in [0, 0.1) is 11.3 Å². The van der Waals surface area contributed by atoms with Crippen molar-refractivity contribution in [2.24, 2.45) is 0 Å². The van der Waals surface area contributed by atoms with Crippen molar-refractivity contribution in [3.63, 3.8) is 0 Å². The Hall–Kier alpha value is -1.74. The fourth-order valence-electron chi connectivity index (χ4n) is 2.29. The third kappa shape index (κ3) is 2.51. The summed E-state index contributed by atoms with van der Waals surface area (Å²) in [4.78, 5) is 4.44. The minimum absolute atomic E-state index is 0.216. The van der Waals surface area contributed by atoms with Gasteiger partial charge in [0.1, 0.15) is 17.5 Å². The van der Waals surface area contributed by atoms with Gasteiger partial charge in [-0.25, -0.2) is 4.68 Å². The normalized spacial score (nSPS) is 18.3. The number of anilines is 2. The summed E-state index contributed by atoms with van der Waals surface area (Å²) >= 11 is 0. The number of aromatic nitrogens is 2. The van der Waals surface area contributed by atoms with Crippen molar-refractivity contribution in [2.75, 3.05) is 43.9 Å². The molecule has 2 N–H and O–H groups in total. The molecule has 1 saturated heterocycles. The third-order valence-electron chi connectivity index (χ3n) is 3.85. The fourth-order valence-corrected chi connectivity index (χ4v) is 2.29. The van der Waals surface area contributed by atoms with Crippen LogP contribution in [0.15, 0.2) is 0 Å². The predicted octanol–water partition coefficient (Wildman–Crippen LogP) is 1.06. The number of likely N-dealkylation sites (N-methyl/N-ethyl adjacent to an activating group) is 1. The van der Waals surface area contributed by atoms with E-state index in [4.69, 9.17) is 5.73 Å². The number of nitrogens with zero attached hydrogens (tertiary/aromatic N) is 5. The van der Waals surface area contributed by atoms with Crippen LogP contribution in [-0.4, -0.2) is 47.9 Å². The number of nitrogen functional groups attached to an aromatic ring is 1. The van der Waals surface area contributed by atoms with Gasteiger partial charge in [0.15, 0.2) is 5.82 Å². The molecule has 1 aromatic heterocycles. The van der Waals surface area contributed by atoms with Crippen molar-refractivity contribution in [3.05, 3.63) is 5.56 Å². The molecule has 1 atom stereocenters. The van der Waals surface area contributed by atoms with E-state index in [0.717, 1.165) is 38.4 Å². The summed E-state index contributed by atoms with van der Waals surface area (Å²) < 4.78 is 1.78. The summed E-state index contributed by atoms with van der Waals surface area (Å²) in [5.41, 5.74) is 6.58. The second kappa shape index (κ2) is 5.49. The molecule has 0 amide bonds. The molecule has 0 spiro atoms. The minimum atomic E-state index is 0.216. The van der Waals surface area contributed by atoms with Gasteiger partial charge < -0.3 is 15.5 Å². The molecule has 2 heterocycles. The van der Waals surface area contributed by atoms with Crippen LogP contribution in [0.25, 0.3) is 0 Å². The third-order valence-corrected chi connectivity index (χ3v) is 3.85. The first kappa shape index (κ1) is 13.7. The molecule has 1 aliphatic heterocycles. The van der Waals surface area contributed by atoms with E-state index >= 15 is 0 Å². The second-order valence-corrected chi connectivity index (χ2v) is 5.19. The molecule has 0 aromatic carbocycles. The molecule has 6 nitrogen and oxygen atoms in total. The molecule has 1 unspecified atom stereocenters. The van der Waals surface area contributed by atoms with Crippen LogP contribution >= 0.6 is 0 Å². The van der Waals surface area contributed by atoms with Gasteiger partial charge in [-0.1, -0.05) is 6.92 Å². The lowest BCUT2D eigenvalue weighted by molar-refractivity contribution is 0.311. The van der Waals surface area contributed by atoms with E-state index in [-0.39, 0.29) is 6.04 Å². The highest BCUT2D eigenvalue weighted by Crippen LogP contribution is 2.28. The number of hydrogen-bond donors (Lipinski definition) is 1. The molecule has 104 valence electrons. The van der Waals surface area contributed by atoms with Crippen molar-refractivity contribution >= 4 is 11.6 Å². The van der Waals surface area contributed by atoms with Gasteiger partial charge in [0, 0.05) is 26.2 Å². The molecule has 1 aliphatic rings. The van der Waals surface area contributed by atoms with Gasteiger partial charge in [0.25, 0.3) is 0 Å².